The predicted molar refractivity (Wildman–Crippen MR) is 132 cm³/mol. The standard InChI is InChI=1S/C26H32N2O4S/c1-17-10-12-28(13-11-17)22(24-5-4-14-33-24)16-27-25(29)9-8-21-18(2)20-7-6-19(31-3)15-23(20)32-26(21)30/h4-7,14-15,17,22H,8-13,16H2,1-3H3,(H,27,29). The zero-order valence-corrected chi connectivity index (χ0v) is 20.4. The molecule has 1 atom stereocenters. The number of rotatable bonds is 8. The molecule has 1 saturated heterocycles. The number of amides is 1. The van der Waals surface area contributed by atoms with E-state index >= 15 is 0 Å². The van der Waals surface area contributed by atoms with Crippen LogP contribution in [0.15, 0.2) is 44.9 Å². The summed E-state index contributed by atoms with van der Waals surface area (Å²) in [6.45, 7) is 6.91. The van der Waals surface area contributed by atoms with Crippen LogP contribution >= 0.6 is 11.3 Å². The van der Waals surface area contributed by atoms with Gasteiger partial charge in [0.25, 0.3) is 0 Å². The van der Waals surface area contributed by atoms with E-state index in [2.05, 4.69) is 34.7 Å². The van der Waals surface area contributed by atoms with Crippen molar-refractivity contribution in [2.75, 3.05) is 26.7 Å². The summed E-state index contributed by atoms with van der Waals surface area (Å²) in [5.41, 5.74) is 1.53. The molecule has 0 spiro atoms. The van der Waals surface area contributed by atoms with Crippen molar-refractivity contribution < 1.29 is 13.9 Å². The molecule has 176 valence electrons. The van der Waals surface area contributed by atoms with Gasteiger partial charge in [-0.05, 0) is 74.3 Å². The maximum absolute atomic E-state index is 12.7. The highest BCUT2D eigenvalue weighted by Crippen LogP contribution is 2.29. The summed E-state index contributed by atoms with van der Waals surface area (Å²) in [5.74, 6) is 1.36. The number of likely N-dealkylation sites (tertiary alicyclic amines) is 1. The first-order valence-electron chi connectivity index (χ1n) is 11.6. The Hall–Kier alpha value is -2.64. The van der Waals surface area contributed by atoms with Crippen LogP contribution in [-0.2, 0) is 11.2 Å². The number of benzene rings is 1. The first-order chi connectivity index (χ1) is 16.0. The van der Waals surface area contributed by atoms with Crippen molar-refractivity contribution >= 4 is 28.2 Å². The monoisotopic (exact) mass is 468 g/mol. The second-order valence-electron chi connectivity index (χ2n) is 8.91. The number of nitrogens with one attached hydrogen (secondary N) is 1. The molecule has 1 aromatic carbocycles. The smallest absolute Gasteiger partial charge is 0.339 e. The number of thiophene rings is 1. The maximum Gasteiger partial charge on any atom is 0.339 e. The number of hydrogen-bond donors (Lipinski definition) is 1. The summed E-state index contributed by atoms with van der Waals surface area (Å²) in [6, 6.07) is 9.87. The molecular weight excluding hydrogens is 436 g/mol. The highest BCUT2D eigenvalue weighted by atomic mass is 32.1. The molecule has 1 unspecified atom stereocenters. The Labute approximate surface area is 198 Å². The summed E-state index contributed by atoms with van der Waals surface area (Å²) < 4.78 is 10.7. The van der Waals surface area contributed by atoms with Crippen molar-refractivity contribution in [1.82, 2.24) is 10.2 Å². The molecule has 7 heteroatoms. The Morgan fingerprint density at radius 1 is 1.30 bits per heavy atom. The van der Waals surface area contributed by atoms with E-state index in [1.54, 1.807) is 24.5 Å². The molecule has 0 radical (unpaired) electrons. The highest BCUT2D eigenvalue weighted by Gasteiger charge is 2.25. The third kappa shape index (κ3) is 5.47. The van der Waals surface area contributed by atoms with Crippen LogP contribution < -0.4 is 15.7 Å². The zero-order chi connectivity index (χ0) is 23.4. The summed E-state index contributed by atoms with van der Waals surface area (Å²) in [6.07, 6.45) is 2.99. The van der Waals surface area contributed by atoms with E-state index < -0.39 is 0 Å². The predicted octanol–water partition coefficient (Wildman–Crippen LogP) is 4.69. The SMILES string of the molecule is COc1ccc2c(C)c(CCC(=O)NCC(c3cccs3)N3CCC(C)CC3)c(=O)oc2c1. The molecule has 2 aromatic heterocycles. The lowest BCUT2D eigenvalue weighted by Gasteiger charge is -2.36. The normalized spacial score (nSPS) is 16.1. The molecule has 3 heterocycles. The third-order valence-corrected chi connectivity index (χ3v) is 7.69. The molecule has 1 N–H and O–H groups in total. The fraction of sp³-hybridized carbons (Fsp3) is 0.462. The fourth-order valence-electron chi connectivity index (χ4n) is 4.56. The Morgan fingerprint density at radius 2 is 2.09 bits per heavy atom. The topological polar surface area (TPSA) is 71.8 Å². The quantitative estimate of drug-likeness (QED) is 0.486. The van der Waals surface area contributed by atoms with Crippen LogP contribution in [0.5, 0.6) is 5.75 Å². The Bertz CT molecular complexity index is 1150. The van der Waals surface area contributed by atoms with Crippen LogP contribution in [0, 0.1) is 12.8 Å². The van der Waals surface area contributed by atoms with Crippen molar-refractivity contribution in [2.45, 2.75) is 45.6 Å². The summed E-state index contributed by atoms with van der Waals surface area (Å²) in [4.78, 5) is 29.1. The molecule has 0 bridgehead atoms. The van der Waals surface area contributed by atoms with Crippen LogP contribution in [0.2, 0.25) is 0 Å². The van der Waals surface area contributed by atoms with E-state index in [9.17, 15) is 9.59 Å². The van der Waals surface area contributed by atoms with Crippen molar-refractivity contribution in [3.05, 3.63) is 62.1 Å². The molecule has 3 aromatic rings. The van der Waals surface area contributed by atoms with Gasteiger partial charge < -0.3 is 14.5 Å². The second kappa shape index (κ2) is 10.5. The number of hydrogen-bond acceptors (Lipinski definition) is 6. The molecule has 1 fully saturated rings. The maximum atomic E-state index is 12.7. The number of piperidine rings is 1. The molecular formula is C26H32N2O4S. The number of carbonyl (C=O) groups is 1. The van der Waals surface area contributed by atoms with Gasteiger partial charge in [-0.3, -0.25) is 9.69 Å². The fourth-order valence-corrected chi connectivity index (χ4v) is 5.42. The lowest BCUT2D eigenvalue weighted by Crippen LogP contribution is -2.41. The second-order valence-corrected chi connectivity index (χ2v) is 9.89. The first kappa shape index (κ1) is 23.5. The zero-order valence-electron chi connectivity index (χ0n) is 19.6. The van der Waals surface area contributed by atoms with Crippen LogP contribution in [-0.4, -0.2) is 37.6 Å². The van der Waals surface area contributed by atoms with Gasteiger partial charge in [-0.2, -0.15) is 0 Å². The molecule has 1 aliphatic rings. The molecule has 4 rings (SSSR count). The van der Waals surface area contributed by atoms with E-state index in [1.807, 2.05) is 19.1 Å². The minimum Gasteiger partial charge on any atom is -0.497 e. The average molecular weight is 469 g/mol. The Morgan fingerprint density at radius 3 is 2.79 bits per heavy atom. The van der Waals surface area contributed by atoms with E-state index in [0.717, 1.165) is 30.0 Å². The molecule has 6 nitrogen and oxygen atoms in total. The average Bonchev–Trinajstić information content (AvgIpc) is 3.34. The minimum absolute atomic E-state index is 0.0458. The van der Waals surface area contributed by atoms with E-state index in [4.69, 9.17) is 9.15 Å². The number of ether oxygens (including phenoxy) is 1. The van der Waals surface area contributed by atoms with Crippen LogP contribution in [0.3, 0.4) is 0 Å². The van der Waals surface area contributed by atoms with Crippen LogP contribution in [0.25, 0.3) is 11.0 Å². The molecule has 33 heavy (non-hydrogen) atoms. The number of fused-ring (bicyclic) bond motifs is 1. The largest absolute Gasteiger partial charge is 0.497 e. The van der Waals surface area contributed by atoms with Gasteiger partial charge in [0.1, 0.15) is 11.3 Å². The van der Waals surface area contributed by atoms with Crippen molar-refractivity contribution in [1.29, 1.82) is 0 Å². The molecule has 1 amide bonds. The summed E-state index contributed by atoms with van der Waals surface area (Å²) in [7, 11) is 1.58. The lowest BCUT2D eigenvalue weighted by atomic mass is 9.97. The number of methoxy groups -OCH3 is 1. The highest BCUT2D eigenvalue weighted by molar-refractivity contribution is 7.10. The Kier molecular flexibility index (Phi) is 7.50. The van der Waals surface area contributed by atoms with E-state index in [-0.39, 0.29) is 24.0 Å². The lowest BCUT2D eigenvalue weighted by molar-refractivity contribution is -0.121. The number of aryl methyl sites for hydroxylation is 1. The van der Waals surface area contributed by atoms with Gasteiger partial charge in [0.2, 0.25) is 5.91 Å². The molecule has 0 aliphatic carbocycles. The molecule has 0 saturated carbocycles. The van der Waals surface area contributed by atoms with Gasteiger partial charge in [-0.15, -0.1) is 11.3 Å². The van der Waals surface area contributed by atoms with Crippen LogP contribution in [0.1, 0.15) is 48.2 Å². The third-order valence-electron chi connectivity index (χ3n) is 6.72. The number of nitrogens with zero attached hydrogens (tertiary/aromatic N) is 1. The van der Waals surface area contributed by atoms with Gasteiger partial charge in [0.15, 0.2) is 0 Å². The van der Waals surface area contributed by atoms with Gasteiger partial charge in [-0.25, -0.2) is 4.79 Å². The number of carbonyl (C=O) groups excluding carboxylic acids is 1. The molecule has 1 aliphatic heterocycles. The summed E-state index contributed by atoms with van der Waals surface area (Å²) >= 11 is 1.74. The van der Waals surface area contributed by atoms with E-state index in [1.165, 1.54) is 17.7 Å². The van der Waals surface area contributed by atoms with Gasteiger partial charge >= 0.3 is 5.63 Å². The summed E-state index contributed by atoms with van der Waals surface area (Å²) in [5, 5.41) is 6.07. The van der Waals surface area contributed by atoms with Gasteiger partial charge in [0, 0.05) is 34.9 Å². The van der Waals surface area contributed by atoms with Gasteiger partial charge in [-0.1, -0.05) is 13.0 Å². The minimum atomic E-state index is -0.389. The van der Waals surface area contributed by atoms with Crippen molar-refractivity contribution in [2.24, 2.45) is 5.92 Å². The van der Waals surface area contributed by atoms with Gasteiger partial charge in [0.05, 0.1) is 13.2 Å². The van der Waals surface area contributed by atoms with Crippen molar-refractivity contribution in [3.63, 3.8) is 0 Å². The Balaban J connectivity index is 1.40. The van der Waals surface area contributed by atoms with Crippen molar-refractivity contribution in [3.8, 4) is 5.75 Å². The van der Waals surface area contributed by atoms with Crippen LogP contribution in [0.4, 0.5) is 0 Å². The van der Waals surface area contributed by atoms with E-state index in [0.29, 0.717) is 29.9 Å². The first-order valence-corrected chi connectivity index (χ1v) is 12.5.